The lowest BCUT2D eigenvalue weighted by Crippen LogP contribution is -2.44. The van der Waals surface area contributed by atoms with Crippen molar-refractivity contribution in [2.75, 3.05) is 18.4 Å². The second-order valence-electron chi connectivity index (χ2n) is 8.21. The Morgan fingerprint density at radius 1 is 1.25 bits per heavy atom. The van der Waals surface area contributed by atoms with Gasteiger partial charge in [0.1, 0.15) is 16.4 Å². The summed E-state index contributed by atoms with van der Waals surface area (Å²) in [7, 11) is -3.78. The SMILES string of the molecule is Cc1cccc(Cn2nccc2NC(=O)C2CCCN(S(=O)(=O)c3c(C)noc3C)C2)c1. The number of aromatic nitrogens is 3. The zero-order chi connectivity index (χ0) is 22.9. The Kier molecular flexibility index (Phi) is 6.16. The maximum Gasteiger partial charge on any atom is 0.248 e. The number of sulfonamides is 1. The molecule has 4 rings (SSSR count). The van der Waals surface area contributed by atoms with Gasteiger partial charge in [-0.2, -0.15) is 9.40 Å². The highest BCUT2D eigenvalue weighted by atomic mass is 32.2. The van der Waals surface area contributed by atoms with E-state index in [0.29, 0.717) is 37.4 Å². The minimum absolute atomic E-state index is 0.0924. The van der Waals surface area contributed by atoms with Gasteiger partial charge in [0, 0.05) is 19.2 Å². The van der Waals surface area contributed by atoms with Crippen LogP contribution in [-0.2, 0) is 21.4 Å². The van der Waals surface area contributed by atoms with Crippen LogP contribution >= 0.6 is 0 Å². The fourth-order valence-corrected chi connectivity index (χ4v) is 5.94. The molecule has 0 radical (unpaired) electrons. The zero-order valence-corrected chi connectivity index (χ0v) is 19.2. The van der Waals surface area contributed by atoms with Gasteiger partial charge < -0.3 is 9.84 Å². The number of rotatable bonds is 6. The second-order valence-corrected chi connectivity index (χ2v) is 10.1. The van der Waals surface area contributed by atoms with Gasteiger partial charge in [-0.1, -0.05) is 35.0 Å². The summed E-state index contributed by atoms with van der Waals surface area (Å²) in [4.78, 5) is 13.1. The molecule has 1 N–H and O–H groups in total. The molecule has 2 aromatic heterocycles. The molecule has 1 atom stereocenters. The quantitative estimate of drug-likeness (QED) is 0.609. The van der Waals surface area contributed by atoms with Crippen molar-refractivity contribution in [1.29, 1.82) is 0 Å². The molecule has 1 amide bonds. The van der Waals surface area contributed by atoms with Gasteiger partial charge in [0.25, 0.3) is 0 Å². The molecule has 1 aromatic carbocycles. The summed E-state index contributed by atoms with van der Waals surface area (Å²) in [6, 6.07) is 9.85. The standard InChI is InChI=1S/C22H27N5O4S/c1-15-6-4-7-18(12-15)13-27-20(9-10-23-27)24-22(28)19-8-5-11-26(14-19)32(29,30)21-16(2)25-31-17(21)3/h4,6-7,9-10,12,19H,5,8,11,13-14H2,1-3H3,(H,24,28). The van der Waals surface area contributed by atoms with E-state index < -0.39 is 15.9 Å². The molecule has 1 saturated heterocycles. The molecule has 0 bridgehead atoms. The smallest absolute Gasteiger partial charge is 0.248 e. The maximum atomic E-state index is 13.1. The van der Waals surface area contributed by atoms with Gasteiger partial charge in [-0.05, 0) is 39.2 Å². The molecule has 32 heavy (non-hydrogen) atoms. The normalized spacial score (nSPS) is 17.4. The molecule has 3 heterocycles. The largest absolute Gasteiger partial charge is 0.360 e. The number of nitrogens with zero attached hydrogens (tertiary/aromatic N) is 4. The molecule has 1 fully saturated rings. The Hall–Kier alpha value is -2.98. The highest BCUT2D eigenvalue weighted by molar-refractivity contribution is 7.89. The lowest BCUT2D eigenvalue weighted by molar-refractivity contribution is -0.120. The number of hydrogen-bond acceptors (Lipinski definition) is 6. The van der Waals surface area contributed by atoms with Gasteiger partial charge in [-0.3, -0.25) is 4.79 Å². The summed E-state index contributed by atoms with van der Waals surface area (Å²) in [5.41, 5.74) is 2.56. The van der Waals surface area contributed by atoms with E-state index in [4.69, 9.17) is 4.52 Å². The van der Waals surface area contributed by atoms with Crippen molar-refractivity contribution in [3.8, 4) is 0 Å². The van der Waals surface area contributed by atoms with Crippen LogP contribution < -0.4 is 5.32 Å². The van der Waals surface area contributed by atoms with Crippen LogP contribution in [0.25, 0.3) is 0 Å². The molecular formula is C22H27N5O4S. The van der Waals surface area contributed by atoms with E-state index in [1.807, 2.05) is 25.1 Å². The highest BCUT2D eigenvalue weighted by Gasteiger charge is 2.36. The first kappa shape index (κ1) is 22.2. The number of nitrogens with one attached hydrogen (secondary N) is 1. The second kappa shape index (κ2) is 8.87. The molecule has 0 saturated carbocycles. The Labute approximate surface area is 187 Å². The summed E-state index contributed by atoms with van der Waals surface area (Å²) in [5.74, 6) is 0.173. The van der Waals surface area contributed by atoms with Crippen molar-refractivity contribution in [3.63, 3.8) is 0 Å². The number of hydrogen-bond donors (Lipinski definition) is 1. The number of benzene rings is 1. The average molecular weight is 458 g/mol. The monoisotopic (exact) mass is 457 g/mol. The van der Waals surface area contributed by atoms with Gasteiger partial charge in [0.15, 0.2) is 5.76 Å². The van der Waals surface area contributed by atoms with E-state index in [1.165, 1.54) is 4.31 Å². The van der Waals surface area contributed by atoms with Crippen LogP contribution in [0.4, 0.5) is 5.82 Å². The third-order valence-corrected chi connectivity index (χ3v) is 7.81. The lowest BCUT2D eigenvalue weighted by atomic mass is 9.99. The summed E-state index contributed by atoms with van der Waals surface area (Å²) in [6.07, 6.45) is 2.86. The summed E-state index contributed by atoms with van der Waals surface area (Å²) >= 11 is 0. The Morgan fingerprint density at radius 3 is 2.78 bits per heavy atom. The van der Waals surface area contributed by atoms with Crippen LogP contribution in [0.3, 0.4) is 0 Å². The average Bonchev–Trinajstić information content (AvgIpc) is 3.33. The van der Waals surface area contributed by atoms with E-state index in [-0.39, 0.29) is 23.1 Å². The third kappa shape index (κ3) is 4.46. The Bertz CT molecular complexity index is 1210. The van der Waals surface area contributed by atoms with Crippen LogP contribution in [0, 0.1) is 26.7 Å². The van der Waals surface area contributed by atoms with Crippen LogP contribution in [0.1, 0.15) is 35.4 Å². The van der Waals surface area contributed by atoms with E-state index in [2.05, 4.69) is 21.6 Å². The van der Waals surface area contributed by atoms with Gasteiger partial charge in [-0.25, -0.2) is 13.1 Å². The number of carbonyl (C=O) groups excluding carboxylic acids is 1. The molecule has 9 nitrogen and oxygen atoms in total. The van der Waals surface area contributed by atoms with E-state index in [9.17, 15) is 13.2 Å². The van der Waals surface area contributed by atoms with Crippen LogP contribution in [0.2, 0.25) is 0 Å². The molecule has 10 heteroatoms. The van der Waals surface area contributed by atoms with E-state index in [1.54, 1.807) is 30.8 Å². The predicted octanol–water partition coefficient (Wildman–Crippen LogP) is 2.88. The van der Waals surface area contributed by atoms with Crippen LogP contribution in [-0.4, -0.2) is 46.7 Å². The molecular weight excluding hydrogens is 430 g/mol. The fraction of sp³-hybridized carbons (Fsp3) is 0.409. The number of carbonyl (C=O) groups is 1. The minimum Gasteiger partial charge on any atom is -0.360 e. The molecule has 170 valence electrons. The van der Waals surface area contributed by atoms with Gasteiger partial charge in [-0.15, -0.1) is 0 Å². The van der Waals surface area contributed by atoms with Crippen LogP contribution in [0.15, 0.2) is 45.9 Å². The van der Waals surface area contributed by atoms with Crippen molar-refractivity contribution < 1.29 is 17.7 Å². The first-order valence-corrected chi connectivity index (χ1v) is 12.0. The van der Waals surface area contributed by atoms with Crippen molar-refractivity contribution in [3.05, 3.63) is 59.1 Å². The molecule has 1 aliphatic heterocycles. The zero-order valence-electron chi connectivity index (χ0n) is 18.4. The van der Waals surface area contributed by atoms with E-state index >= 15 is 0 Å². The predicted molar refractivity (Wildman–Crippen MR) is 119 cm³/mol. The summed E-state index contributed by atoms with van der Waals surface area (Å²) in [5, 5.41) is 11.0. The molecule has 1 aliphatic rings. The van der Waals surface area contributed by atoms with Gasteiger partial charge >= 0.3 is 0 Å². The highest BCUT2D eigenvalue weighted by Crippen LogP contribution is 2.28. The molecule has 1 unspecified atom stereocenters. The number of anilines is 1. The fourth-order valence-electron chi connectivity index (χ4n) is 4.12. The Morgan fingerprint density at radius 2 is 2.06 bits per heavy atom. The van der Waals surface area contributed by atoms with Crippen LogP contribution in [0.5, 0.6) is 0 Å². The topological polar surface area (TPSA) is 110 Å². The van der Waals surface area contributed by atoms with Gasteiger partial charge in [0.05, 0.1) is 18.7 Å². The lowest BCUT2D eigenvalue weighted by Gasteiger charge is -2.31. The van der Waals surface area contributed by atoms with Crippen molar-refractivity contribution in [2.45, 2.75) is 45.1 Å². The molecule has 0 spiro atoms. The van der Waals surface area contributed by atoms with E-state index in [0.717, 1.165) is 11.1 Å². The Balaban J connectivity index is 1.46. The van der Waals surface area contributed by atoms with Crippen molar-refractivity contribution in [1.82, 2.24) is 19.2 Å². The number of amides is 1. The van der Waals surface area contributed by atoms with Crippen molar-refractivity contribution >= 4 is 21.7 Å². The van der Waals surface area contributed by atoms with Gasteiger partial charge in [0.2, 0.25) is 15.9 Å². The minimum atomic E-state index is -3.78. The summed E-state index contributed by atoms with van der Waals surface area (Å²) in [6.45, 7) is 6.22. The first-order chi connectivity index (χ1) is 15.3. The maximum absolute atomic E-state index is 13.1. The first-order valence-electron chi connectivity index (χ1n) is 10.6. The summed E-state index contributed by atoms with van der Waals surface area (Å²) < 4.78 is 34.4. The molecule has 3 aromatic rings. The third-order valence-electron chi connectivity index (χ3n) is 5.70. The van der Waals surface area contributed by atoms with Crippen molar-refractivity contribution in [2.24, 2.45) is 5.92 Å². The number of aryl methyl sites for hydroxylation is 3. The number of piperidine rings is 1. The molecule has 0 aliphatic carbocycles.